The maximum atomic E-state index is 13.0. The van der Waals surface area contributed by atoms with Crippen LogP contribution in [0.2, 0.25) is 0 Å². The molecule has 24 heavy (non-hydrogen) atoms. The van der Waals surface area contributed by atoms with Gasteiger partial charge in [0.2, 0.25) is 0 Å². The number of benzene rings is 1. The van der Waals surface area contributed by atoms with Gasteiger partial charge in [0.05, 0.1) is 5.69 Å². The lowest BCUT2D eigenvalue weighted by Crippen LogP contribution is -2.20. The van der Waals surface area contributed by atoms with Crippen LogP contribution >= 0.6 is 11.3 Å². The molecule has 1 aromatic carbocycles. The maximum Gasteiger partial charge on any atom is 0.418 e. The number of aliphatic hydroxyl groups excluding tert-OH is 1. The van der Waals surface area contributed by atoms with Crippen LogP contribution in [-0.2, 0) is 0 Å². The molecule has 1 heterocycles. The number of aromatic nitrogens is 1. The Morgan fingerprint density at radius 2 is 2.08 bits per heavy atom. The predicted octanol–water partition coefficient (Wildman–Crippen LogP) is 5.61. The molecule has 1 aromatic heterocycles. The van der Waals surface area contributed by atoms with Crippen molar-refractivity contribution in [3.8, 4) is 10.6 Å². The minimum Gasteiger partial charge on any atom is -0.379 e. The Kier molecular flexibility index (Phi) is 5.77. The molecule has 2 aromatic rings. The second kappa shape index (κ2) is 7.44. The third-order valence-corrected chi connectivity index (χ3v) is 4.45. The van der Waals surface area contributed by atoms with Crippen LogP contribution in [0.5, 0.6) is 0 Å². The first-order chi connectivity index (χ1) is 11.3. The van der Waals surface area contributed by atoms with Crippen LogP contribution in [0.4, 0.5) is 18.9 Å². The van der Waals surface area contributed by atoms with Crippen molar-refractivity contribution in [1.82, 2.24) is 4.98 Å². The molecule has 3 nitrogen and oxygen atoms in total. The lowest BCUT2D eigenvalue weighted by molar-refractivity contribution is -0.206. The Bertz CT molecular complexity index is 724. The summed E-state index contributed by atoms with van der Waals surface area (Å²) in [6, 6.07) is 2.85. The molecular formula is C17H19F3N2OS. The van der Waals surface area contributed by atoms with Crippen LogP contribution < -0.4 is 0 Å². The SMILES string of the molecule is CCC/C(C)=N\c1c(C(O)C(F)(F)F)ccc(-c2nccs2)c1C. The summed E-state index contributed by atoms with van der Waals surface area (Å²) in [4.78, 5) is 8.60. The van der Waals surface area contributed by atoms with Gasteiger partial charge in [-0.25, -0.2) is 4.98 Å². The zero-order chi connectivity index (χ0) is 17.9. The Morgan fingerprint density at radius 1 is 1.38 bits per heavy atom. The number of aliphatic hydroxyl groups is 1. The van der Waals surface area contributed by atoms with Crippen LogP contribution in [-0.4, -0.2) is 22.0 Å². The minimum atomic E-state index is -4.74. The van der Waals surface area contributed by atoms with Gasteiger partial charge in [-0.05, 0) is 25.8 Å². The van der Waals surface area contributed by atoms with Gasteiger partial charge in [0, 0.05) is 28.4 Å². The molecule has 0 saturated heterocycles. The monoisotopic (exact) mass is 356 g/mol. The number of aliphatic imine (C=N–C) groups is 1. The normalized spacial score (nSPS) is 14.0. The van der Waals surface area contributed by atoms with E-state index >= 15 is 0 Å². The summed E-state index contributed by atoms with van der Waals surface area (Å²) in [5, 5.41) is 12.2. The molecule has 0 radical (unpaired) electrons. The van der Waals surface area contributed by atoms with Gasteiger partial charge in [-0.15, -0.1) is 11.3 Å². The van der Waals surface area contributed by atoms with Crippen molar-refractivity contribution in [2.75, 3.05) is 0 Å². The summed E-state index contributed by atoms with van der Waals surface area (Å²) in [6.45, 7) is 5.47. The number of halogens is 3. The van der Waals surface area contributed by atoms with Gasteiger partial charge >= 0.3 is 6.18 Å². The fourth-order valence-corrected chi connectivity index (χ4v) is 3.18. The summed E-state index contributed by atoms with van der Waals surface area (Å²) in [7, 11) is 0. The van der Waals surface area contributed by atoms with Crippen molar-refractivity contribution in [3.63, 3.8) is 0 Å². The van der Waals surface area contributed by atoms with E-state index in [0.717, 1.165) is 17.7 Å². The third-order valence-electron chi connectivity index (χ3n) is 3.64. The minimum absolute atomic E-state index is 0.179. The summed E-state index contributed by atoms with van der Waals surface area (Å²) in [5.74, 6) is 0. The van der Waals surface area contributed by atoms with Crippen LogP contribution in [0.25, 0.3) is 10.6 Å². The summed E-state index contributed by atoms with van der Waals surface area (Å²) in [5.41, 5.74) is 1.99. The van der Waals surface area contributed by atoms with Gasteiger partial charge in [0.15, 0.2) is 6.10 Å². The van der Waals surface area contributed by atoms with E-state index in [-0.39, 0.29) is 11.3 Å². The van der Waals surface area contributed by atoms with Gasteiger partial charge in [0.1, 0.15) is 5.01 Å². The Labute approximate surface area is 142 Å². The van der Waals surface area contributed by atoms with Crippen molar-refractivity contribution in [2.45, 2.75) is 45.9 Å². The number of alkyl halides is 3. The molecule has 0 amide bonds. The van der Waals surface area contributed by atoms with Crippen molar-refractivity contribution in [3.05, 3.63) is 34.8 Å². The van der Waals surface area contributed by atoms with E-state index in [1.807, 2.05) is 6.92 Å². The van der Waals surface area contributed by atoms with Gasteiger partial charge in [-0.2, -0.15) is 13.2 Å². The lowest BCUT2D eigenvalue weighted by atomic mass is 9.98. The number of hydrogen-bond donors (Lipinski definition) is 1. The van der Waals surface area contributed by atoms with Crippen molar-refractivity contribution >= 4 is 22.7 Å². The molecule has 1 N–H and O–H groups in total. The third kappa shape index (κ3) is 4.02. The van der Waals surface area contributed by atoms with Gasteiger partial charge < -0.3 is 5.11 Å². The molecule has 2 rings (SSSR count). The van der Waals surface area contributed by atoms with E-state index in [1.54, 1.807) is 31.5 Å². The van der Waals surface area contributed by atoms with Gasteiger partial charge in [0.25, 0.3) is 0 Å². The first-order valence-electron chi connectivity index (χ1n) is 7.58. The second-order valence-corrected chi connectivity index (χ2v) is 6.45. The molecular weight excluding hydrogens is 337 g/mol. The molecule has 0 aliphatic rings. The molecule has 0 aliphatic carbocycles. The highest BCUT2D eigenvalue weighted by Gasteiger charge is 2.41. The summed E-state index contributed by atoms with van der Waals surface area (Å²) in [6.07, 6.45) is -4.13. The highest BCUT2D eigenvalue weighted by Crippen LogP contribution is 2.42. The quantitative estimate of drug-likeness (QED) is 0.708. The Balaban J connectivity index is 2.64. The summed E-state index contributed by atoms with van der Waals surface area (Å²) >= 11 is 1.40. The first-order valence-corrected chi connectivity index (χ1v) is 8.46. The zero-order valence-corrected chi connectivity index (χ0v) is 14.5. The van der Waals surface area contributed by atoms with E-state index in [1.165, 1.54) is 17.4 Å². The number of nitrogens with zero attached hydrogens (tertiary/aromatic N) is 2. The highest BCUT2D eigenvalue weighted by molar-refractivity contribution is 7.13. The van der Waals surface area contributed by atoms with E-state index < -0.39 is 12.3 Å². The first kappa shape index (κ1) is 18.6. The lowest BCUT2D eigenvalue weighted by Gasteiger charge is -2.19. The topological polar surface area (TPSA) is 45.5 Å². The average Bonchev–Trinajstić information content (AvgIpc) is 3.02. The van der Waals surface area contributed by atoms with Gasteiger partial charge in [-0.3, -0.25) is 4.99 Å². The fraction of sp³-hybridized carbons (Fsp3) is 0.412. The average molecular weight is 356 g/mol. The van der Waals surface area contributed by atoms with Crippen LogP contribution in [0.15, 0.2) is 28.7 Å². The molecule has 7 heteroatoms. The number of rotatable bonds is 5. The molecule has 1 atom stereocenters. The van der Waals surface area contributed by atoms with Crippen LogP contribution in [0.3, 0.4) is 0 Å². The largest absolute Gasteiger partial charge is 0.418 e. The highest BCUT2D eigenvalue weighted by atomic mass is 32.1. The van der Waals surface area contributed by atoms with Gasteiger partial charge in [-0.1, -0.05) is 25.5 Å². The van der Waals surface area contributed by atoms with E-state index in [2.05, 4.69) is 9.98 Å². The smallest absolute Gasteiger partial charge is 0.379 e. The van der Waals surface area contributed by atoms with Crippen molar-refractivity contribution < 1.29 is 18.3 Å². The molecule has 0 fully saturated rings. The Hall–Kier alpha value is -1.73. The van der Waals surface area contributed by atoms with Crippen molar-refractivity contribution in [2.24, 2.45) is 4.99 Å². The molecule has 1 unspecified atom stereocenters. The predicted molar refractivity (Wildman–Crippen MR) is 91.0 cm³/mol. The number of hydrogen-bond acceptors (Lipinski definition) is 4. The molecule has 0 spiro atoms. The maximum absolute atomic E-state index is 13.0. The van der Waals surface area contributed by atoms with E-state index in [4.69, 9.17) is 0 Å². The molecule has 130 valence electrons. The fourth-order valence-electron chi connectivity index (χ4n) is 2.46. The van der Waals surface area contributed by atoms with E-state index in [9.17, 15) is 18.3 Å². The number of thiazole rings is 1. The summed E-state index contributed by atoms with van der Waals surface area (Å²) < 4.78 is 39.0. The van der Waals surface area contributed by atoms with Crippen molar-refractivity contribution in [1.29, 1.82) is 0 Å². The zero-order valence-electron chi connectivity index (χ0n) is 13.7. The molecule has 0 aliphatic heterocycles. The standard InChI is InChI=1S/C17H19F3N2OS/c1-4-5-10(2)22-14-11(3)12(16-21-8-9-24-16)6-7-13(14)15(23)17(18,19)20/h6-9,15,23H,4-5H2,1-3H3/b22-10-. The second-order valence-electron chi connectivity index (χ2n) is 5.55. The molecule has 0 bridgehead atoms. The molecule has 0 saturated carbocycles. The Morgan fingerprint density at radius 3 is 2.62 bits per heavy atom. The van der Waals surface area contributed by atoms with Crippen LogP contribution in [0.1, 0.15) is 43.9 Å². The van der Waals surface area contributed by atoms with E-state index in [0.29, 0.717) is 17.0 Å². The van der Waals surface area contributed by atoms with Crippen LogP contribution in [0, 0.1) is 6.92 Å².